The molecule has 2 aliphatic heterocycles. The lowest BCUT2D eigenvalue weighted by molar-refractivity contribution is -0.130. The SMILES string of the molecule is O=C1CS[C@]2(CCc3ccccc3N2)N1C1CC1. The lowest BCUT2D eigenvalue weighted by atomic mass is 10.0. The van der Waals surface area contributed by atoms with E-state index in [1.165, 1.54) is 24.1 Å². The zero-order valence-electron chi connectivity index (χ0n) is 10.2. The summed E-state index contributed by atoms with van der Waals surface area (Å²) in [5.41, 5.74) is 2.58. The van der Waals surface area contributed by atoms with E-state index in [0.29, 0.717) is 17.7 Å². The first-order valence-corrected chi connectivity index (χ1v) is 7.59. The zero-order valence-corrected chi connectivity index (χ0v) is 11.0. The molecule has 0 unspecified atom stereocenters. The maximum atomic E-state index is 12.1. The highest BCUT2D eigenvalue weighted by molar-refractivity contribution is 8.01. The van der Waals surface area contributed by atoms with Gasteiger partial charge in [0.25, 0.3) is 0 Å². The number of fused-ring (bicyclic) bond motifs is 1. The Morgan fingerprint density at radius 1 is 1.33 bits per heavy atom. The highest BCUT2D eigenvalue weighted by atomic mass is 32.2. The van der Waals surface area contributed by atoms with Crippen molar-refractivity contribution in [1.82, 2.24) is 4.90 Å². The van der Waals surface area contributed by atoms with Crippen LogP contribution in [0, 0.1) is 0 Å². The van der Waals surface area contributed by atoms with Crippen LogP contribution in [-0.2, 0) is 11.2 Å². The summed E-state index contributed by atoms with van der Waals surface area (Å²) >= 11 is 1.78. The Labute approximate surface area is 111 Å². The standard InChI is InChI=1S/C14H16N2OS/c17-13-9-18-14(16(13)11-5-6-11)8-7-10-3-1-2-4-12(10)15-14/h1-4,11,15H,5-9H2/t14-/m0/s1. The van der Waals surface area contributed by atoms with Crippen molar-refractivity contribution in [1.29, 1.82) is 0 Å². The molecular formula is C14H16N2OS. The van der Waals surface area contributed by atoms with Crippen LogP contribution < -0.4 is 5.32 Å². The van der Waals surface area contributed by atoms with Crippen LogP contribution >= 0.6 is 11.8 Å². The van der Waals surface area contributed by atoms with E-state index in [1.54, 1.807) is 11.8 Å². The third-order valence-electron chi connectivity index (χ3n) is 4.08. The minimum atomic E-state index is -0.160. The monoisotopic (exact) mass is 260 g/mol. The van der Waals surface area contributed by atoms with Crippen molar-refractivity contribution < 1.29 is 4.79 Å². The zero-order chi connectivity index (χ0) is 12.2. The fraction of sp³-hybridized carbons (Fsp3) is 0.500. The molecule has 3 aliphatic rings. The van der Waals surface area contributed by atoms with Gasteiger partial charge < -0.3 is 10.2 Å². The molecule has 0 bridgehead atoms. The van der Waals surface area contributed by atoms with Crippen LogP contribution in [-0.4, -0.2) is 27.6 Å². The van der Waals surface area contributed by atoms with Crippen molar-refractivity contribution in [3.8, 4) is 0 Å². The van der Waals surface area contributed by atoms with Crippen LogP contribution in [0.1, 0.15) is 24.8 Å². The van der Waals surface area contributed by atoms with Crippen molar-refractivity contribution in [3.63, 3.8) is 0 Å². The molecule has 94 valence electrons. The van der Waals surface area contributed by atoms with Crippen molar-refractivity contribution in [2.24, 2.45) is 0 Å². The van der Waals surface area contributed by atoms with Crippen LogP contribution in [0.5, 0.6) is 0 Å². The number of carbonyl (C=O) groups is 1. The maximum Gasteiger partial charge on any atom is 0.235 e. The van der Waals surface area contributed by atoms with Gasteiger partial charge in [0.1, 0.15) is 0 Å². The second-order valence-electron chi connectivity index (χ2n) is 5.35. The average molecular weight is 260 g/mol. The molecule has 1 saturated carbocycles. The van der Waals surface area contributed by atoms with Gasteiger partial charge in [-0.25, -0.2) is 0 Å². The lowest BCUT2D eigenvalue weighted by Gasteiger charge is -2.42. The smallest absolute Gasteiger partial charge is 0.235 e. The first-order valence-electron chi connectivity index (χ1n) is 6.61. The van der Waals surface area contributed by atoms with E-state index in [2.05, 4.69) is 34.5 Å². The van der Waals surface area contributed by atoms with Gasteiger partial charge in [-0.2, -0.15) is 0 Å². The minimum absolute atomic E-state index is 0.160. The average Bonchev–Trinajstić information content (AvgIpc) is 3.17. The van der Waals surface area contributed by atoms with Crippen LogP contribution in [0.3, 0.4) is 0 Å². The first kappa shape index (κ1) is 10.7. The van der Waals surface area contributed by atoms with E-state index in [9.17, 15) is 4.79 Å². The van der Waals surface area contributed by atoms with Gasteiger partial charge in [0, 0.05) is 18.2 Å². The molecule has 1 amide bonds. The fourth-order valence-corrected chi connectivity index (χ4v) is 4.40. The Hall–Kier alpha value is -1.16. The second-order valence-corrected chi connectivity index (χ2v) is 6.60. The molecule has 1 spiro atoms. The number of para-hydroxylation sites is 1. The Morgan fingerprint density at radius 3 is 3.00 bits per heavy atom. The molecule has 4 rings (SSSR count). The molecule has 1 saturated heterocycles. The van der Waals surface area contributed by atoms with Crippen molar-refractivity contribution >= 4 is 23.4 Å². The number of carbonyl (C=O) groups excluding carboxylic acids is 1. The maximum absolute atomic E-state index is 12.1. The number of anilines is 1. The number of benzene rings is 1. The van der Waals surface area contributed by atoms with E-state index in [-0.39, 0.29) is 4.99 Å². The highest BCUT2D eigenvalue weighted by Crippen LogP contribution is 2.49. The van der Waals surface area contributed by atoms with E-state index < -0.39 is 0 Å². The normalized spacial score (nSPS) is 30.4. The summed E-state index contributed by atoms with van der Waals surface area (Å²) in [5, 5.41) is 3.64. The molecule has 2 fully saturated rings. The van der Waals surface area contributed by atoms with Gasteiger partial charge in [0.15, 0.2) is 4.99 Å². The Morgan fingerprint density at radius 2 is 2.17 bits per heavy atom. The molecule has 0 aromatic heterocycles. The number of aryl methyl sites for hydroxylation is 1. The summed E-state index contributed by atoms with van der Waals surface area (Å²) in [6.45, 7) is 0. The molecule has 4 heteroatoms. The number of amides is 1. The number of hydrogen-bond acceptors (Lipinski definition) is 3. The summed E-state index contributed by atoms with van der Waals surface area (Å²) in [4.78, 5) is 14.1. The predicted octanol–water partition coefficient (Wildman–Crippen LogP) is 2.44. The lowest BCUT2D eigenvalue weighted by Crippen LogP contribution is -2.53. The van der Waals surface area contributed by atoms with Gasteiger partial charge in [-0.3, -0.25) is 4.79 Å². The summed E-state index contributed by atoms with van der Waals surface area (Å²) in [5.74, 6) is 0.945. The Balaban J connectivity index is 1.71. The van der Waals surface area contributed by atoms with Gasteiger partial charge in [0.05, 0.1) is 5.75 Å². The van der Waals surface area contributed by atoms with Crippen LogP contribution in [0.2, 0.25) is 0 Å². The predicted molar refractivity (Wildman–Crippen MR) is 73.4 cm³/mol. The molecule has 1 aromatic rings. The molecule has 0 radical (unpaired) electrons. The van der Waals surface area contributed by atoms with Crippen molar-refractivity contribution in [2.45, 2.75) is 36.7 Å². The summed E-state index contributed by atoms with van der Waals surface area (Å²) in [6, 6.07) is 8.95. The van der Waals surface area contributed by atoms with Gasteiger partial charge in [-0.1, -0.05) is 18.2 Å². The molecule has 1 atom stereocenters. The topological polar surface area (TPSA) is 32.3 Å². The molecule has 1 aliphatic carbocycles. The van der Waals surface area contributed by atoms with E-state index in [0.717, 1.165) is 12.8 Å². The van der Waals surface area contributed by atoms with E-state index in [1.807, 2.05) is 0 Å². The van der Waals surface area contributed by atoms with E-state index >= 15 is 0 Å². The van der Waals surface area contributed by atoms with Gasteiger partial charge in [0.2, 0.25) is 5.91 Å². The van der Waals surface area contributed by atoms with Crippen LogP contribution in [0.15, 0.2) is 24.3 Å². The number of thioether (sulfide) groups is 1. The van der Waals surface area contributed by atoms with Crippen LogP contribution in [0.25, 0.3) is 0 Å². The molecular weight excluding hydrogens is 244 g/mol. The molecule has 1 N–H and O–H groups in total. The van der Waals surface area contributed by atoms with Gasteiger partial charge in [-0.15, -0.1) is 11.8 Å². The first-order chi connectivity index (χ1) is 8.78. The fourth-order valence-electron chi connectivity index (χ4n) is 3.08. The number of nitrogens with one attached hydrogen (secondary N) is 1. The summed E-state index contributed by atoms with van der Waals surface area (Å²) < 4.78 is 0. The van der Waals surface area contributed by atoms with Crippen LogP contribution in [0.4, 0.5) is 5.69 Å². The van der Waals surface area contributed by atoms with Gasteiger partial charge in [-0.05, 0) is 30.9 Å². The highest BCUT2D eigenvalue weighted by Gasteiger charge is 2.53. The quantitative estimate of drug-likeness (QED) is 0.841. The third kappa shape index (κ3) is 1.48. The molecule has 1 aromatic carbocycles. The number of rotatable bonds is 1. The minimum Gasteiger partial charge on any atom is -0.354 e. The molecule has 3 nitrogen and oxygen atoms in total. The van der Waals surface area contributed by atoms with Gasteiger partial charge >= 0.3 is 0 Å². The second kappa shape index (κ2) is 3.67. The number of nitrogens with zero attached hydrogens (tertiary/aromatic N) is 1. The van der Waals surface area contributed by atoms with Crippen molar-refractivity contribution in [2.75, 3.05) is 11.1 Å². The molecule has 2 heterocycles. The summed E-state index contributed by atoms with van der Waals surface area (Å²) in [6.07, 6.45) is 4.44. The largest absolute Gasteiger partial charge is 0.354 e. The molecule has 18 heavy (non-hydrogen) atoms. The van der Waals surface area contributed by atoms with Crippen molar-refractivity contribution in [3.05, 3.63) is 29.8 Å². The number of hydrogen-bond donors (Lipinski definition) is 1. The Bertz CT molecular complexity index is 514. The van der Waals surface area contributed by atoms with E-state index in [4.69, 9.17) is 0 Å². The third-order valence-corrected chi connectivity index (χ3v) is 5.46. The Kier molecular flexibility index (Phi) is 2.19. The summed E-state index contributed by atoms with van der Waals surface area (Å²) in [7, 11) is 0.